The highest BCUT2D eigenvalue weighted by molar-refractivity contribution is 5.66. The molecule has 90 valence electrons. The van der Waals surface area contributed by atoms with E-state index in [-0.39, 0.29) is 6.09 Å². The summed E-state index contributed by atoms with van der Waals surface area (Å²) < 4.78 is 4.98. The van der Waals surface area contributed by atoms with Crippen molar-refractivity contribution < 1.29 is 9.53 Å². The van der Waals surface area contributed by atoms with E-state index in [4.69, 9.17) is 4.74 Å². The summed E-state index contributed by atoms with van der Waals surface area (Å²) in [6.07, 6.45) is -0.316. The molecule has 1 rings (SSSR count). The van der Waals surface area contributed by atoms with Crippen molar-refractivity contribution >= 4 is 6.09 Å². The molecular formula is C12H20N2O2. The number of amides is 1. The van der Waals surface area contributed by atoms with E-state index >= 15 is 0 Å². The fraction of sp³-hybridized carbons (Fsp3) is 0.417. The largest absolute Gasteiger partial charge is 0.445 e. The van der Waals surface area contributed by atoms with Crippen LogP contribution in [0.4, 0.5) is 4.79 Å². The summed E-state index contributed by atoms with van der Waals surface area (Å²) in [6, 6.07) is 9.60. The molecule has 1 aromatic carbocycles. The molecular weight excluding hydrogens is 204 g/mol. The number of nitrogens with zero attached hydrogens (tertiary/aromatic N) is 1. The summed E-state index contributed by atoms with van der Waals surface area (Å²) >= 11 is 0. The monoisotopic (exact) mass is 224 g/mol. The molecule has 0 bridgehead atoms. The lowest BCUT2D eigenvalue weighted by molar-refractivity contribution is 0.112. The van der Waals surface area contributed by atoms with Crippen LogP contribution in [0.15, 0.2) is 30.3 Å². The molecule has 16 heavy (non-hydrogen) atoms. The second kappa shape index (κ2) is 8.73. The first-order chi connectivity index (χ1) is 7.61. The molecule has 0 saturated heterocycles. The molecule has 0 unspecified atom stereocenters. The van der Waals surface area contributed by atoms with Gasteiger partial charge in [-0.15, -0.1) is 0 Å². The van der Waals surface area contributed by atoms with E-state index in [1.54, 1.807) is 14.1 Å². The molecule has 0 heterocycles. The van der Waals surface area contributed by atoms with E-state index in [2.05, 4.69) is 5.32 Å². The van der Waals surface area contributed by atoms with Crippen molar-refractivity contribution in [2.75, 3.05) is 28.2 Å². The van der Waals surface area contributed by atoms with Crippen LogP contribution in [-0.2, 0) is 11.3 Å². The van der Waals surface area contributed by atoms with Gasteiger partial charge in [0.25, 0.3) is 0 Å². The van der Waals surface area contributed by atoms with Gasteiger partial charge in [0, 0.05) is 14.1 Å². The van der Waals surface area contributed by atoms with Crippen LogP contribution in [0.2, 0.25) is 0 Å². The summed E-state index contributed by atoms with van der Waals surface area (Å²) in [5.74, 6) is 0. The second-order valence-corrected chi connectivity index (χ2v) is 3.43. The maximum atomic E-state index is 11.0. The molecule has 0 aliphatic rings. The Bertz CT molecular complexity index is 286. The minimum atomic E-state index is -0.316. The highest BCUT2D eigenvalue weighted by atomic mass is 16.6. The van der Waals surface area contributed by atoms with E-state index in [0.29, 0.717) is 6.61 Å². The Labute approximate surface area is 97.2 Å². The number of hydrogen-bond donors (Lipinski definition) is 1. The standard InChI is InChI=1S/C10H13NO2.C2H7N/c1-11(2)10(12)13-8-9-6-4-3-5-7-9;1-3-2/h3-7H,8H2,1-2H3;3H,1-2H3. The van der Waals surface area contributed by atoms with Gasteiger partial charge in [0.05, 0.1) is 0 Å². The molecule has 4 heteroatoms. The highest BCUT2D eigenvalue weighted by Gasteiger charge is 2.03. The lowest BCUT2D eigenvalue weighted by Gasteiger charge is -2.10. The van der Waals surface area contributed by atoms with Crippen LogP contribution in [0.3, 0.4) is 0 Å². The molecule has 0 spiro atoms. The maximum Gasteiger partial charge on any atom is 0.409 e. The zero-order valence-electron chi connectivity index (χ0n) is 10.4. The first-order valence-corrected chi connectivity index (χ1v) is 5.08. The summed E-state index contributed by atoms with van der Waals surface area (Å²) in [7, 11) is 7.07. The summed E-state index contributed by atoms with van der Waals surface area (Å²) in [6.45, 7) is 0.331. The molecule has 0 aromatic heterocycles. The Kier molecular flexibility index (Phi) is 7.89. The fourth-order valence-corrected chi connectivity index (χ4v) is 0.848. The van der Waals surface area contributed by atoms with Crippen molar-refractivity contribution in [2.45, 2.75) is 6.61 Å². The van der Waals surface area contributed by atoms with Crippen molar-refractivity contribution in [1.82, 2.24) is 10.2 Å². The van der Waals surface area contributed by atoms with Gasteiger partial charge in [-0.25, -0.2) is 4.79 Å². The normalized spacial score (nSPS) is 8.75. The lowest BCUT2D eigenvalue weighted by Crippen LogP contribution is -2.22. The van der Waals surface area contributed by atoms with Gasteiger partial charge in [-0.1, -0.05) is 30.3 Å². The molecule has 0 saturated carbocycles. The number of hydrogen-bond acceptors (Lipinski definition) is 3. The summed E-state index contributed by atoms with van der Waals surface area (Å²) in [5, 5.41) is 2.75. The molecule has 0 aliphatic carbocycles. The van der Waals surface area contributed by atoms with Crippen LogP contribution < -0.4 is 5.32 Å². The molecule has 0 radical (unpaired) electrons. The van der Waals surface area contributed by atoms with Crippen molar-refractivity contribution in [3.8, 4) is 0 Å². The van der Waals surface area contributed by atoms with Gasteiger partial charge in [-0.3, -0.25) is 0 Å². The van der Waals surface area contributed by atoms with E-state index in [9.17, 15) is 4.79 Å². The highest BCUT2D eigenvalue weighted by Crippen LogP contribution is 2.01. The number of carbonyl (C=O) groups excluding carboxylic acids is 1. The Balaban J connectivity index is 0.000000673. The van der Waals surface area contributed by atoms with Gasteiger partial charge in [-0.2, -0.15) is 0 Å². The second-order valence-electron chi connectivity index (χ2n) is 3.43. The van der Waals surface area contributed by atoms with Gasteiger partial charge in [0.15, 0.2) is 0 Å². The predicted octanol–water partition coefficient (Wildman–Crippen LogP) is 1.72. The number of nitrogens with one attached hydrogen (secondary N) is 1. The maximum absolute atomic E-state index is 11.0. The number of benzene rings is 1. The van der Waals surface area contributed by atoms with Crippen LogP contribution in [-0.4, -0.2) is 39.2 Å². The van der Waals surface area contributed by atoms with Crippen LogP contribution >= 0.6 is 0 Å². The van der Waals surface area contributed by atoms with E-state index in [1.165, 1.54) is 4.90 Å². The van der Waals surface area contributed by atoms with Crippen LogP contribution in [0.25, 0.3) is 0 Å². The topological polar surface area (TPSA) is 41.6 Å². The SMILES string of the molecule is CN(C)C(=O)OCc1ccccc1.CNC. The van der Waals surface area contributed by atoms with E-state index in [1.807, 2.05) is 44.4 Å². The first kappa shape index (κ1) is 14.5. The number of ether oxygens (including phenoxy) is 1. The molecule has 0 aliphatic heterocycles. The van der Waals surface area contributed by atoms with Gasteiger partial charge in [-0.05, 0) is 19.7 Å². The lowest BCUT2D eigenvalue weighted by atomic mass is 10.2. The third-order valence-corrected chi connectivity index (χ3v) is 1.57. The summed E-state index contributed by atoms with van der Waals surface area (Å²) in [5.41, 5.74) is 0.998. The Morgan fingerprint density at radius 2 is 1.75 bits per heavy atom. The zero-order valence-corrected chi connectivity index (χ0v) is 10.4. The smallest absolute Gasteiger partial charge is 0.409 e. The van der Waals surface area contributed by atoms with Gasteiger partial charge in [0.1, 0.15) is 6.61 Å². The Morgan fingerprint density at radius 1 is 1.25 bits per heavy atom. The molecule has 1 aromatic rings. The van der Waals surface area contributed by atoms with Gasteiger partial charge in [0.2, 0.25) is 0 Å². The number of rotatable bonds is 2. The fourth-order valence-electron chi connectivity index (χ4n) is 0.848. The summed E-state index contributed by atoms with van der Waals surface area (Å²) in [4.78, 5) is 12.4. The van der Waals surface area contributed by atoms with Crippen LogP contribution in [0, 0.1) is 0 Å². The zero-order chi connectivity index (χ0) is 12.4. The van der Waals surface area contributed by atoms with E-state index < -0.39 is 0 Å². The minimum Gasteiger partial charge on any atom is -0.445 e. The molecule has 0 atom stereocenters. The molecule has 1 N–H and O–H groups in total. The minimum absolute atomic E-state index is 0.316. The van der Waals surface area contributed by atoms with Crippen LogP contribution in [0.1, 0.15) is 5.56 Å². The van der Waals surface area contributed by atoms with Crippen LogP contribution in [0.5, 0.6) is 0 Å². The average Bonchev–Trinajstić information content (AvgIpc) is 2.28. The number of carbonyl (C=O) groups is 1. The van der Waals surface area contributed by atoms with Crippen molar-refractivity contribution in [2.24, 2.45) is 0 Å². The van der Waals surface area contributed by atoms with Gasteiger partial charge >= 0.3 is 6.09 Å². The third kappa shape index (κ3) is 6.84. The Hall–Kier alpha value is -1.55. The van der Waals surface area contributed by atoms with Crippen molar-refractivity contribution in [1.29, 1.82) is 0 Å². The third-order valence-electron chi connectivity index (χ3n) is 1.57. The van der Waals surface area contributed by atoms with Crippen molar-refractivity contribution in [3.05, 3.63) is 35.9 Å². The van der Waals surface area contributed by atoms with Crippen molar-refractivity contribution in [3.63, 3.8) is 0 Å². The van der Waals surface area contributed by atoms with E-state index in [0.717, 1.165) is 5.56 Å². The van der Waals surface area contributed by atoms with Gasteiger partial charge < -0.3 is 15.0 Å². The molecule has 0 fully saturated rings. The first-order valence-electron chi connectivity index (χ1n) is 5.08. The quantitative estimate of drug-likeness (QED) is 0.831. The molecule has 1 amide bonds. The Morgan fingerprint density at radius 3 is 2.19 bits per heavy atom. The predicted molar refractivity (Wildman–Crippen MR) is 65.3 cm³/mol. The average molecular weight is 224 g/mol. The molecule has 4 nitrogen and oxygen atoms in total.